The van der Waals surface area contributed by atoms with Gasteiger partial charge in [-0.2, -0.15) is 0 Å². The lowest BCUT2D eigenvalue weighted by Crippen LogP contribution is -2.47. The molecule has 0 unspecified atom stereocenters. The smallest absolute Gasteiger partial charge is 0.246 e. The standard InChI is InChI=1S/C25H34N4O/c1-20-18-23(21(2)29(20)24-6-4-3-5-7-24)8-9-25(30)28-16-14-27(15-17-28)19-22-10-12-26-13-11-22/h8-13,18,24H,3-7,14-17,19H2,1-2H3. The summed E-state index contributed by atoms with van der Waals surface area (Å²) in [5.41, 5.74) is 5.07. The fourth-order valence-electron chi connectivity index (χ4n) is 5.01. The molecule has 5 heteroatoms. The minimum Gasteiger partial charge on any atom is -0.346 e. The molecule has 30 heavy (non-hydrogen) atoms. The normalized spacial score (nSPS) is 18.9. The number of rotatable bonds is 5. The van der Waals surface area contributed by atoms with E-state index in [0.29, 0.717) is 6.04 Å². The van der Waals surface area contributed by atoms with Crippen molar-refractivity contribution in [2.75, 3.05) is 26.2 Å². The molecule has 2 fully saturated rings. The molecule has 0 aromatic carbocycles. The molecule has 160 valence electrons. The highest BCUT2D eigenvalue weighted by molar-refractivity contribution is 5.92. The van der Waals surface area contributed by atoms with Crippen molar-refractivity contribution in [3.63, 3.8) is 0 Å². The van der Waals surface area contributed by atoms with Crippen LogP contribution in [0.4, 0.5) is 0 Å². The third kappa shape index (κ3) is 4.84. The number of amides is 1. The van der Waals surface area contributed by atoms with Crippen LogP contribution in [0.5, 0.6) is 0 Å². The number of nitrogens with zero attached hydrogens (tertiary/aromatic N) is 4. The number of hydrogen-bond acceptors (Lipinski definition) is 3. The Morgan fingerprint density at radius 1 is 1.07 bits per heavy atom. The van der Waals surface area contributed by atoms with Gasteiger partial charge in [0.1, 0.15) is 0 Å². The molecule has 0 atom stereocenters. The molecule has 2 aromatic heterocycles. The van der Waals surface area contributed by atoms with Gasteiger partial charge in [-0.05, 0) is 62.1 Å². The van der Waals surface area contributed by atoms with E-state index in [4.69, 9.17) is 0 Å². The molecular formula is C25H34N4O. The molecule has 0 bridgehead atoms. The second-order valence-corrected chi connectivity index (χ2v) is 8.78. The SMILES string of the molecule is Cc1cc(C=CC(=O)N2CCN(Cc3ccncc3)CC2)c(C)n1C1CCCCC1. The fourth-order valence-corrected chi connectivity index (χ4v) is 5.01. The van der Waals surface area contributed by atoms with Crippen molar-refractivity contribution in [1.82, 2.24) is 19.4 Å². The lowest BCUT2D eigenvalue weighted by molar-refractivity contribution is -0.127. The average Bonchev–Trinajstić information content (AvgIpc) is 3.07. The zero-order valence-electron chi connectivity index (χ0n) is 18.4. The lowest BCUT2D eigenvalue weighted by Gasteiger charge is -2.34. The van der Waals surface area contributed by atoms with Gasteiger partial charge < -0.3 is 9.47 Å². The maximum atomic E-state index is 12.7. The van der Waals surface area contributed by atoms with E-state index in [1.165, 1.54) is 54.6 Å². The van der Waals surface area contributed by atoms with Gasteiger partial charge in [0.05, 0.1) is 0 Å². The van der Waals surface area contributed by atoms with Crippen LogP contribution >= 0.6 is 0 Å². The van der Waals surface area contributed by atoms with E-state index in [1.807, 2.05) is 23.4 Å². The molecule has 1 saturated carbocycles. The van der Waals surface area contributed by atoms with Crippen LogP contribution < -0.4 is 0 Å². The summed E-state index contributed by atoms with van der Waals surface area (Å²) in [5.74, 6) is 0.126. The number of aromatic nitrogens is 2. The van der Waals surface area contributed by atoms with Crippen molar-refractivity contribution < 1.29 is 4.79 Å². The predicted molar refractivity (Wildman–Crippen MR) is 121 cm³/mol. The zero-order chi connectivity index (χ0) is 20.9. The average molecular weight is 407 g/mol. The summed E-state index contributed by atoms with van der Waals surface area (Å²) in [5, 5.41) is 0. The molecule has 1 aliphatic carbocycles. The first-order valence-electron chi connectivity index (χ1n) is 11.4. The minimum atomic E-state index is 0.126. The zero-order valence-corrected chi connectivity index (χ0v) is 18.4. The first kappa shape index (κ1) is 20.9. The molecule has 2 aliphatic rings. The van der Waals surface area contributed by atoms with Gasteiger partial charge in [-0.1, -0.05) is 19.3 Å². The lowest BCUT2D eigenvalue weighted by atomic mass is 9.95. The molecule has 1 aliphatic heterocycles. The van der Waals surface area contributed by atoms with Crippen LogP contribution in [0.25, 0.3) is 6.08 Å². The summed E-state index contributed by atoms with van der Waals surface area (Å²) >= 11 is 0. The van der Waals surface area contributed by atoms with Gasteiger partial charge in [0.25, 0.3) is 0 Å². The van der Waals surface area contributed by atoms with Gasteiger partial charge in [-0.3, -0.25) is 14.7 Å². The number of piperazine rings is 1. The van der Waals surface area contributed by atoms with E-state index >= 15 is 0 Å². The summed E-state index contributed by atoms with van der Waals surface area (Å²) in [4.78, 5) is 21.2. The van der Waals surface area contributed by atoms with E-state index in [0.717, 1.165) is 32.7 Å². The third-order valence-corrected chi connectivity index (χ3v) is 6.71. The van der Waals surface area contributed by atoms with Crippen LogP contribution in [0, 0.1) is 13.8 Å². The maximum absolute atomic E-state index is 12.7. The van der Waals surface area contributed by atoms with Crippen molar-refractivity contribution in [3.8, 4) is 0 Å². The Hall–Kier alpha value is -2.40. The van der Waals surface area contributed by atoms with Crippen LogP contribution in [0.15, 0.2) is 36.7 Å². The summed E-state index contributed by atoms with van der Waals surface area (Å²) in [6, 6.07) is 6.99. The predicted octanol–water partition coefficient (Wildman–Crippen LogP) is 4.36. The van der Waals surface area contributed by atoms with Crippen molar-refractivity contribution in [3.05, 3.63) is 59.2 Å². The highest BCUT2D eigenvalue weighted by atomic mass is 16.2. The summed E-state index contributed by atoms with van der Waals surface area (Å²) in [6.45, 7) is 8.72. The van der Waals surface area contributed by atoms with E-state index in [-0.39, 0.29) is 5.91 Å². The van der Waals surface area contributed by atoms with Crippen LogP contribution in [0.2, 0.25) is 0 Å². The Kier molecular flexibility index (Phi) is 6.68. The molecule has 2 aromatic rings. The number of aryl methyl sites for hydroxylation is 1. The topological polar surface area (TPSA) is 41.4 Å². The van der Waals surface area contributed by atoms with E-state index < -0.39 is 0 Å². The Bertz CT molecular complexity index is 872. The van der Waals surface area contributed by atoms with Gasteiger partial charge in [-0.25, -0.2) is 0 Å². The number of pyridine rings is 1. The highest BCUT2D eigenvalue weighted by Crippen LogP contribution is 2.32. The van der Waals surface area contributed by atoms with Gasteiger partial charge in [0.2, 0.25) is 5.91 Å². The third-order valence-electron chi connectivity index (χ3n) is 6.71. The maximum Gasteiger partial charge on any atom is 0.246 e. The van der Waals surface area contributed by atoms with Crippen LogP contribution in [0.1, 0.15) is 60.7 Å². The first-order chi connectivity index (χ1) is 14.6. The van der Waals surface area contributed by atoms with Crippen molar-refractivity contribution in [2.45, 2.75) is 58.5 Å². The molecule has 0 radical (unpaired) electrons. The van der Waals surface area contributed by atoms with Gasteiger partial charge >= 0.3 is 0 Å². The molecular weight excluding hydrogens is 372 g/mol. The van der Waals surface area contributed by atoms with E-state index in [9.17, 15) is 4.79 Å². The minimum absolute atomic E-state index is 0.126. The summed E-state index contributed by atoms with van der Waals surface area (Å²) in [7, 11) is 0. The van der Waals surface area contributed by atoms with Crippen molar-refractivity contribution in [2.24, 2.45) is 0 Å². The van der Waals surface area contributed by atoms with Gasteiger partial charge in [-0.15, -0.1) is 0 Å². The van der Waals surface area contributed by atoms with Crippen molar-refractivity contribution >= 4 is 12.0 Å². The molecule has 0 spiro atoms. The molecule has 3 heterocycles. The van der Waals surface area contributed by atoms with Crippen molar-refractivity contribution in [1.29, 1.82) is 0 Å². The Labute approximate surface area is 180 Å². The highest BCUT2D eigenvalue weighted by Gasteiger charge is 2.21. The van der Waals surface area contributed by atoms with Crippen LogP contribution in [0.3, 0.4) is 0 Å². The molecule has 4 rings (SSSR count). The molecule has 5 nitrogen and oxygen atoms in total. The largest absolute Gasteiger partial charge is 0.346 e. The second-order valence-electron chi connectivity index (χ2n) is 8.78. The summed E-state index contributed by atoms with van der Waals surface area (Å²) < 4.78 is 2.50. The van der Waals surface area contributed by atoms with Gasteiger partial charge in [0.15, 0.2) is 0 Å². The monoisotopic (exact) mass is 406 g/mol. The Balaban J connectivity index is 1.33. The van der Waals surface area contributed by atoms with E-state index in [2.05, 4.69) is 46.5 Å². The summed E-state index contributed by atoms with van der Waals surface area (Å²) in [6.07, 6.45) is 14.1. The molecule has 1 saturated heterocycles. The Morgan fingerprint density at radius 2 is 1.77 bits per heavy atom. The number of carbonyl (C=O) groups excluding carboxylic acids is 1. The van der Waals surface area contributed by atoms with E-state index in [1.54, 1.807) is 6.08 Å². The first-order valence-corrected chi connectivity index (χ1v) is 11.4. The number of carbonyl (C=O) groups is 1. The quantitative estimate of drug-likeness (QED) is 0.693. The van der Waals surface area contributed by atoms with Crippen LogP contribution in [-0.4, -0.2) is 51.4 Å². The van der Waals surface area contributed by atoms with Gasteiger partial charge in [0, 0.05) is 68.6 Å². The number of hydrogen-bond donors (Lipinski definition) is 0. The fraction of sp³-hybridized carbons (Fsp3) is 0.520. The molecule has 0 N–H and O–H groups in total. The molecule has 1 amide bonds. The second kappa shape index (κ2) is 9.61. The van der Waals surface area contributed by atoms with Crippen LogP contribution in [-0.2, 0) is 11.3 Å². The Morgan fingerprint density at radius 3 is 2.47 bits per heavy atom.